The van der Waals surface area contributed by atoms with E-state index in [2.05, 4.69) is 20.9 Å². The molecule has 0 saturated heterocycles. The summed E-state index contributed by atoms with van der Waals surface area (Å²) in [5, 5.41) is -0.352. The van der Waals surface area contributed by atoms with E-state index in [0.29, 0.717) is 0 Å². The molecule has 0 aromatic heterocycles. The van der Waals surface area contributed by atoms with Gasteiger partial charge in [0.1, 0.15) is 3.81 Å². The fourth-order valence-corrected chi connectivity index (χ4v) is 1.54. The van der Waals surface area contributed by atoms with E-state index in [1.165, 1.54) is 0 Å². The molecule has 0 fully saturated rings. The van der Waals surface area contributed by atoms with Crippen LogP contribution in [0.3, 0.4) is 0 Å². The van der Waals surface area contributed by atoms with Crippen LogP contribution in [0.5, 0.6) is 0 Å². The van der Waals surface area contributed by atoms with Crippen LogP contribution in [0.25, 0.3) is 0 Å². The van der Waals surface area contributed by atoms with Gasteiger partial charge in [0.05, 0.1) is 6.20 Å². The highest BCUT2D eigenvalue weighted by molar-refractivity contribution is 9.14. The fourth-order valence-electron chi connectivity index (χ4n) is 0.353. The first-order valence-electron chi connectivity index (χ1n) is 1.99. The molecule has 0 bridgehead atoms. The highest BCUT2D eigenvalue weighted by atomic mass is 79.9. The van der Waals surface area contributed by atoms with Crippen molar-refractivity contribution in [1.29, 1.82) is 0 Å². The lowest BCUT2D eigenvalue weighted by molar-refractivity contribution is 0.615. The molecule has 2 N–H and O–H groups in total. The third-order valence-corrected chi connectivity index (χ3v) is 3.58. The summed E-state index contributed by atoms with van der Waals surface area (Å²) in [4.78, 5) is 3.37. The van der Waals surface area contributed by atoms with Crippen molar-refractivity contribution >= 4 is 30.9 Å². The van der Waals surface area contributed by atoms with Gasteiger partial charge in [-0.3, -0.25) is 0 Å². The third-order valence-electron chi connectivity index (χ3n) is 0.825. The summed E-state index contributed by atoms with van der Waals surface area (Å²) >= 11 is 2.78. The van der Waals surface area contributed by atoms with Crippen molar-refractivity contribution in [2.45, 2.75) is 0 Å². The molecule has 0 radical (unpaired) electrons. The Kier molecular flexibility index (Phi) is 1.36. The van der Waals surface area contributed by atoms with Crippen molar-refractivity contribution in [3.63, 3.8) is 0 Å². The fraction of sp³-hybridized carbons (Fsp3) is 0. The second-order valence-corrected chi connectivity index (χ2v) is 4.65. The minimum Gasteiger partial charge on any atom is -0.374 e. The van der Waals surface area contributed by atoms with E-state index in [0.717, 1.165) is 6.20 Å². The van der Waals surface area contributed by atoms with E-state index in [1.807, 2.05) is 0 Å². The van der Waals surface area contributed by atoms with Gasteiger partial charge in [-0.2, -0.15) is 0 Å². The van der Waals surface area contributed by atoms with Crippen LogP contribution in [0.15, 0.2) is 15.0 Å². The van der Waals surface area contributed by atoms with Gasteiger partial charge in [-0.25, -0.2) is 13.4 Å². The summed E-state index contributed by atoms with van der Waals surface area (Å²) in [5.41, 5.74) is 4.98. The van der Waals surface area contributed by atoms with Crippen molar-refractivity contribution in [2.24, 2.45) is 10.7 Å². The number of hydrogen-bond donors (Lipinski definition) is 1. The van der Waals surface area contributed by atoms with Crippen LogP contribution < -0.4 is 5.73 Å². The van der Waals surface area contributed by atoms with E-state index < -0.39 is 9.84 Å². The van der Waals surface area contributed by atoms with Crippen molar-refractivity contribution in [3.05, 3.63) is 10.0 Å². The van der Waals surface area contributed by atoms with E-state index in [1.54, 1.807) is 0 Å². The second kappa shape index (κ2) is 1.81. The number of halogens is 1. The number of aliphatic imine (C=N–C) groups is 1. The Hall–Kier alpha value is -0.360. The van der Waals surface area contributed by atoms with Gasteiger partial charge in [0.25, 0.3) is 0 Å². The Bertz CT molecular complexity index is 265. The lowest BCUT2D eigenvalue weighted by Crippen LogP contribution is -2.20. The quantitative estimate of drug-likeness (QED) is 0.609. The average Bonchev–Trinajstić information content (AvgIpc) is 1.96. The smallest absolute Gasteiger partial charge is 0.247 e. The third kappa shape index (κ3) is 0.878. The average molecular weight is 211 g/mol. The van der Waals surface area contributed by atoms with Gasteiger partial charge < -0.3 is 5.73 Å². The number of sulfone groups is 1. The molecular weight excluding hydrogens is 208 g/mol. The van der Waals surface area contributed by atoms with Crippen LogP contribution in [-0.4, -0.2) is 13.6 Å². The SMILES string of the molecule is NC1=NC=C(Br)S1(=O)=O. The summed E-state index contributed by atoms with van der Waals surface area (Å²) < 4.78 is 21.5. The van der Waals surface area contributed by atoms with Gasteiger partial charge in [-0.1, -0.05) is 0 Å². The molecular formula is C3H3BrN2O2S. The zero-order valence-corrected chi connectivity index (χ0v) is 6.61. The molecule has 1 rings (SSSR count). The molecule has 0 aromatic carbocycles. The Morgan fingerprint density at radius 3 is 2.33 bits per heavy atom. The summed E-state index contributed by atoms with van der Waals surface area (Å²) in [6.45, 7) is 0. The second-order valence-electron chi connectivity index (χ2n) is 1.40. The van der Waals surface area contributed by atoms with Gasteiger partial charge in [-0.05, 0) is 15.9 Å². The van der Waals surface area contributed by atoms with E-state index in [4.69, 9.17) is 5.73 Å². The molecule has 4 nitrogen and oxygen atoms in total. The van der Waals surface area contributed by atoms with Crippen molar-refractivity contribution in [2.75, 3.05) is 0 Å². The van der Waals surface area contributed by atoms with Gasteiger partial charge in [-0.15, -0.1) is 0 Å². The zero-order chi connectivity index (χ0) is 7.07. The first kappa shape index (κ1) is 6.76. The predicted octanol–water partition coefficient (Wildman–Crippen LogP) is -0.0767. The summed E-state index contributed by atoms with van der Waals surface area (Å²) in [5.74, 6) is 0. The molecule has 50 valence electrons. The molecule has 6 heteroatoms. The molecule has 0 spiro atoms. The molecule has 1 heterocycles. The van der Waals surface area contributed by atoms with Gasteiger partial charge in [0, 0.05) is 0 Å². The number of rotatable bonds is 0. The maximum absolute atomic E-state index is 10.7. The van der Waals surface area contributed by atoms with Crippen LogP contribution in [-0.2, 0) is 9.84 Å². The van der Waals surface area contributed by atoms with Crippen molar-refractivity contribution in [1.82, 2.24) is 0 Å². The molecule has 0 saturated carbocycles. The highest BCUT2D eigenvalue weighted by Crippen LogP contribution is 2.19. The van der Waals surface area contributed by atoms with E-state index in [-0.39, 0.29) is 8.98 Å². The molecule has 0 amide bonds. The highest BCUT2D eigenvalue weighted by Gasteiger charge is 2.24. The van der Waals surface area contributed by atoms with Crippen molar-refractivity contribution in [3.8, 4) is 0 Å². The Labute approximate surface area is 60.5 Å². The Morgan fingerprint density at radius 2 is 2.22 bits per heavy atom. The lowest BCUT2D eigenvalue weighted by Gasteiger charge is -1.89. The number of nitrogens with zero attached hydrogens (tertiary/aromatic N) is 1. The monoisotopic (exact) mass is 210 g/mol. The standard InChI is InChI=1S/C3H3BrN2O2S/c4-2-1-6-3(5)9(2,7)8/h1H,(H2,5,6). The predicted molar refractivity (Wildman–Crippen MR) is 37.6 cm³/mol. The number of hydrogen-bond acceptors (Lipinski definition) is 4. The molecule has 1 aliphatic rings. The van der Waals surface area contributed by atoms with Crippen LogP contribution in [0, 0.1) is 0 Å². The van der Waals surface area contributed by atoms with E-state index >= 15 is 0 Å². The van der Waals surface area contributed by atoms with Gasteiger partial charge >= 0.3 is 0 Å². The lowest BCUT2D eigenvalue weighted by atomic mass is 11.0. The molecule has 0 aromatic rings. The molecule has 0 aliphatic carbocycles. The Balaban J connectivity index is 3.29. The normalized spacial score (nSPS) is 23.2. The van der Waals surface area contributed by atoms with Crippen LogP contribution in [0.2, 0.25) is 0 Å². The maximum Gasteiger partial charge on any atom is 0.247 e. The largest absolute Gasteiger partial charge is 0.374 e. The van der Waals surface area contributed by atoms with Crippen LogP contribution >= 0.6 is 15.9 Å². The van der Waals surface area contributed by atoms with E-state index in [9.17, 15) is 8.42 Å². The van der Waals surface area contributed by atoms with Gasteiger partial charge in [0.15, 0.2) is 0 Å². The topological polar surface area (TPSA) is 72.5 Å². The summed E-state index contributed by atoms with van der Waals surface area (Å²) in [6, 6.07) is 0. The number of nitrogens with two attached hydrogens (primary N) is 1. The molecule has 0 atom stereocenters. The molecule has 0 unspecified atom stereocenters. The van der Waals surface area contributed by atoms with Crippen LogP contribution in [0.4, 0.5) is 0 Å². The summed E-state index contributed by atoms with van der Waals surface area (Å²) in [6.07, 6.45) is 1.16. The number of amidine groups is 1. The van der Waals surface area contributed by atoms with Crippen LogP contribution in [0.1, 0.15) is 0 Å². The zero-order valence-electron chi connectivity index (χ0n) is 4.20. The first-order chi connectivity index (χ1) is 4.05. The minimum atomic E-state index is -3.40. The summed E-state index contributed by atoms with van der Waals surface area (Å²) in [7, 11) is -3.40. The minimum absolute atomic E-state index is 0.0208. The van der Waals surface area contributed by atoms with Gasteiger partial charge in [0.2, 0.25) is 15.0 Å². The maximum atomic E-state index is 10.7. The van der Waals surface area contributed by atoms with Crippen molar-refractivity contribution < 1.29 is 8.42 Å². The molecule has 1 aliphatic heterocycles. The molecule has 9 heavy (non-hydrogen) atoms. The first-order valence-corrected chi connectivity index (χ1v) is 4.27. The Morgan fingerprint density at radius 1 is 1.67 bits per heavy atom.